The number of nitrogens with two attached hydrogens (primary N) is 3. The molecule has 5 rings (SSSR count). The summed E-state index contributed by atoms with van der Waals surface area (Å²) in [5, 5.41) is 0.573. The predicted octanol–water partition coefficient (Wildman–Crippen LogP) is 6.02. The Morgan fingerprint density at radius 1 is 0.600 bits per heavy atom. The van der Waals surface area contributed by atoms with Gasteiger partial charge in [-0.05, 0) is 143 Å². The van der Waals surface area contributed by atoms with E-state index < -0.39 is 52.3 Å². The molecule has 3 aliphatic heterocycles. The number of benzene rings is 2. The van der Waals surface area contributed by atoms with Crippen LogP contribution in [0.25, 0.3) is 0 Å². The van der Waals surface area contributed by atoms with Crippen LogP contribution in [-0.2, 0) is 54.7 Å². The summed E-state index contributed by atoms with van der Waals surface area (Å²) in [7, 11) is 1.38. The topological polar surface area (TPSA) is 277 Å². The lowest BCUT2D eigenvalue weighted by Crippen LogP contribution is -2.50. The van der Waals surface area contributed by atoms with Gasteiger partial charge in [-0.15, -0.1) is 0 Å². The zero-order valence-electron chi connectivity index (χ0n) is 46.2. The number of hydrogen-bond acceptors (Lipinski definition) is 16. The molecule has 0 aliphatic carbocycles. The van der Waals surface area contributed by atoms with Crippen LogP contribution >= 0.6 is 15.9 Å². The Kier molecular flexibility index (Phi) is 22.8. The number of ether oxygens (including phenoxy) is 5. The number of methoxy groups -OCH3 is 1. The third-order valence-electron chi connectivity index (χ3n) is 11.3. The molecule has 2 aromatic rings. The van der Waals surface area contributed by atoms with Crippen LogP contribution in [-0.4, -0.2) is 156 Å². The molecule has 75 heavy (non-hydrogen) atoms. The van der Waals surface area contributed by atoms with Gasteiger partial charge in [-0.2, -0.15) is 0 Å². The van der Waals surface area contributed by atoms with Crippen LogP contribution in [0, 0.1) is 0 Å². The first-order valence-corrected chi connectivity index (χ1v) is 26.2. The normalized spacial score (nSPS) is 15.7. The van der Waals surface area contributed by atoms with Crippen molar-refractivity contribution in [2.75, 3.05) is 69.3 Å². The standard InChI is InChI=1S/C26H38N4O6.C18H25BrN2O4.C9H18N2O3/c1-25(2,3)35-21(31)10-9-20(22(27)32)30-16-17-15-18(7-8-19(17)23(30)33)28-11-13-29(14-12-28)24(34)36-26(4,5)6;1-18(2,3)25-17(23)21-9-7-20(8-10-21)14-5-6-15(16(22)24-4)13(11-14)12-19;1-9(2,3)14-7(12)5-4-6(10)8(11)13/h7-8,15,20H,9-14,16H2,1-6H3,(H2,27,32);5-6,11H,7-10,12H2,1-4H3;6H,4-5,10H2,1-3H3,(H2,11,13)/t20-;;6-/m0.0/s1. The van der Waals surface area contributed by atoms with E-state index in [4.69, 9.17) is 40.9 Å². The number of anilines is 2. The van der Waals surface area contributed by atoms with Gasteiger partial charge in [0.2, 0.25) is 11.8 Å². The fourth-order valence-corrected chi connectivity index (χ4v) is 8.29. The highest BCUT2D eigenvalue weighted by molar-refractivity contribution is 9.08. The fourth-order valence-electron chi connectivity index (χ4n) is 7.83. The molecule has 0 bridgehead atoms. The summed E-state index contributed by atoms with van der Waals surface area (Å²) in [6.07, 6.45) is -0.164. The number of alkyl halides is 1. The van der Waals surface area contributed by atoms with Crippen molar-refractivity contribution >= 4 is 75.1 Å². The molecule has 5 amide bonds. The molecule has 2 fully saturated rings. The van der Waals surface area contributed by atoms with E-state index in [9.17, 15) is 38.4 Å². The van der Waals surface area contributed by atoms with Crippen LogP contribution in [0.2, 0.25) is 0 Å². The molecule has 2 aromatic carbocycles. The largest absolute Gasteiger partial charge is 0.465 e. The quantitative estimate of drug-likeness (QED) is 0.117. The zero-order valence-corrected chi connectivity index (χ0v) is 47.8. The first-order valence-electron chi connectivity index (χ1n) is 25.1. The average molecular weight is 1120 g/mol. The lowest BCUT2D eigenvalue weighted by Gasteiger charge is -2.37. The lowest BCUT2D eigenvalue weighted by atomic mass is 10.1. The van der Waals surface area contributed by atoms with E-state index in [0.717, 1.165) is 35.6 Å². The van der Waals surface area contributed by atoms with Gasteiger partial charge in [0.05, 0.1) is 18.7 Å². The molecule has 6 N–H and O–H groups in total. The number of halogens is 1. The molecule has 0 saturated carbocycles. The van der Waals surface area contributed by atoms with Crippen molar-refractivity contribution in [2.24, 2.45) is 17.2 Å². The molecule has 22 heteroatoms. The molecule has 0 spiro atoms. The summed E-state index contributed by atoms with van der Waals surface area (Å²) in [6.45, 7) is 27.0. The molecule has 418 valence electrons. The van der Waals surface area contributed by atoms with E-state index in [-0.39, 0.29) is 62.3 Å². The van der Waals surface area contributed by atoms with Gasteiger partial charge in [-0.1, -0.05) is 15.9 Å². The fraction of sp³-hybridized carbons (Fsp3) is 0.623. The van der Waals surface area contributed by atoms with Crippen molar-refractivity contribution in [3.8, 4) is 0 Å². The highest BCUT2D eigenvalue weighted by Gasteiger charge is 2.37. The maximum atomic E-state index is 13.1. The molecule has 0 unspecified atom stereocenters. The van der Waals surface area contributed by atoms with Gasteiger partial charge < -0.3 is 65.4 Å². The predicted molar refractivity (Wildman–Crippen MR) is 287 cm³/mol. The molecule has 21 nitrogen and oxygen atoms in total. The van der Waals surface area contributed by atoms with Gasteiger partial charge in [0.1, 0.15) is 28.4 Å². The Hall–Kier alpha value is -6.16. The van der Waals surface area contributed by atoms with Crippen molar-refractivity contribution in [1.82, 2.24) is 14.7 Å². The van der Waals surface area contributed by atoms with Gasteiger partial charge in [0, 0.05) is 94.0 Å². The molecular formula is C53H81BrN8O13. The van der Waals surface area contributed by atoms with Gasteiger partial charge in [0.15, 0.2) is 0 Å². The van der Waals surface area contributed by atoms with E-state index in [1.54, 1.807) is 63.5 Å². The maximum absolute atomic E-state index is 13.1. The Balaban J connectivity index is 0.000000329. The van der Waals surface area contributed by atoms with Crippen LogP contribution in [0.15, 0.2) is 36.4 Å². The van der Waals surface area contributed by atoms with E-state index >= 15 is 0 Å². The van der Waals surface area contributed by atoms with Gasteiger partial charge in [0.25, 0.3) is 5.91 Å². The molecule has 0 radical (unpaired) electrons. The molecule has 0 aromatic heterocycles. The SMILES string of the molecule is CC(C)(C)OC(=O)CC[C@@H](C(N)=O)N1Cc2cc(N3CCN(C(=O)OC(C)(C)C)CC3)ccc2C1=O.CC(C)(C)OC(=O)CC[C@H](N)C(N)=O.COC(=O)c1ccc(N2CCN(C(=O)OC(C)(C)C)CC2)cc1CBr. The number of primary amides is 2. The number of amides is 5. The number of hydrogen-bond donors (Lipinski definition) is 3. The second kappa shape index (κ2) is 27.1. The van der Waals surface area contributed by atoms with Crippen LogP contribution in [0.1, 0.15) is 141 Å². The molecule has 2 atom stereocenters. The number of fused-ring (bicyclic) bond motifs is 1. The number of carbonyl (C=O) groups is 8. The van der Waals surface area contributed by atoms with Gasteiger partial charge in [-0.25, -0.2) is 14.4 Å². The molecule has 3 heterocycles. The number of rotatable bonds is 13. The lowest BCUT2D eigenvalue weighted by molar-refractivity contribution is -0.156. The van der Waals surface area contributed by atoms with E-state index in [1.807, 2.05) is 65.8 Å². The van der Waals surface area contributed by atoms with Crippen LogP contribution in [0.4, 0.5) is 21.0 Å². The summed E-state index contributed by atoms with van der Waals surface area (Å²) in [6, 6.07) is 9.61. The second-order valence-corrected chi connectivity index (χ2v) is 22.9. The Labute approximate surface area is 450 Å². The Morgan fingerprint density at radius 3 is 1.43 bits per heavy atom. The van der Waals surface area contributed by atoms with Crippen LogP contribution in [0.5, 0.6) is 0 Å². The zero-order chi connectivity index (χ0) is 56.8. The molecule has 3 aliphatic rings. The summed E-state index contributed by atoms with van der Waals surface area (Å²) < 4.78 is 26.0. The smallest absolute Gasteiger partial charge is 0.410 e. The van der Waals surface area contributed by atoms with E-state index in [0.29, 0.717) is 55.7 Å². The van der Waals surface area contributed by atoms with Crippen molar-refractivity contribution < 1.29 is 62.0 Å². The Bertz CT molecular complexity index is 2340. The highest BCUT2D eigenvalue weighted by Crippen LogP contribution is 2.31. The summed E-state index contributed by atoms with van der Waals surface area (Å²) in [4.78, 5) is 105. The van der Waals surface area contributed by atoms with Crippen LogP contribution in [0.3, 0.4) is 0 Å². The second-order valence-electron chi connectivity index (χ2n) is 22.3. The highest BCUT2D eigenvalue weighted by atomic mass is 79.9. The molecule has 2 saturated heterocycles. The van der Waals surface area contributed by atoms with Crippen molar-refractivity contribution in [2.45, 2.75) is 155 Å². The average Bonchev–Trinajstić information content (AvgIpc) is 3.62. The summed E-state index contributed by atoms with van der Waals surface area (Å²) in [5.41, 5.74) is 18.5. The first kappa shape index (κ1) is 63.1. The minimum atomic E-state index is -0.904. The monoisotopic (exact) mass is 1120 g/mol. The van der Waals surface area contributed by atoms with Crippen molar-refractivity contribution in [1.29, 1.82) is 0 Å². The number of piperazine rings is 2. The summed E-state index contributed by atoms with van der Waals surface area (Å²) in [5.74, 6) is -2.68. The van der Waals surface area contributed by atoms with E-state index in [1.165, 1.54) is 12.0 Å². The third-order valence-corrected chi connectivity index (χ3v) is 11.9. The van der Waals surface area contributed by atoms with Crippen molar-refractivity contribution in [3.05, 3.63) is 58.7 Å². The van der Waals surface area contributed by atoms with Crippen molar-refractivity contribution in [3.63, 3.8) is 0 Å². The minimum absolute atomic E-state index is 0.0157. The number of esters is 3. The van der Waals surface area contributed by atoms with E-state index in [2.05, 4.69) is 25.7 Å². The number of nitrogens with zero attached hydrogens (tertiary/aromatic N) is 5. The molecular weight excluding hydrogens is 1040 g/mol. The maximum Gasteiger partial charge on any atom is 0.410 e. The van der Waals surface area contributed by atoms with Gasteiger partial charge in [-0.3, -0.25) is 24.0 Å². The summed E-state index contributed by atoms with van der Waals surface area (Å²) >= 11 is 3.42. The third kappa shape index (κ3) is 21.2. The van der Waals surface area contributed by atoms with Crippen LogP contribution < -0.4 is 27.0 Å². The number of carbonyl (C=O) groups excluding carboxylic acids is 8. The first-order chi connectivity index (χ1) is 34.6. The minimum Gasteiger partial charge on any atom is -0.465 e. The van der Waals surface area contributed by atoms with Gasteiger partial charge >= 0.3 is 30.1 Å². The Morgan fingerprint density at radius 2 is 1.03 bits per heavy atom.